The molecule has 0 aliphatic carbocycles. The quantitative estimate of drug-likeness (QED) is 0.352. The summed E-state index contributed by atoms with van der Waals surface area (Å²) in [5.41, 5.74) is 0.835. The summed E-state index contributed by atoms with van der Waals surface area (Å²) in [6.07, 6.45) is 1.37. The number of carbonyl (C=O) groups excluding carboxylic acids is 1. The second kappa shape index (κ2) is 7.00. The average molecular weight is 362 g/mol. The second-order valence-corrected chi connectivity index (χ2v) is 5.39. The van der Waals surface area contributed by atoms with Crippen LogP contribution in [0, 0.1) is 10.1 Å². The highest BCUT2D eigenvalue weighted by atomic mass is 79.9. The molecule has 0 aliphatic heterocycles. The van der Waals surface area contributed by atoms with Crippen molar-refractivity contribution in [3.05, 3.63) is 79.9 Å². The van der Waals surface area contributed by atoms with E-state index in [2.05, 4.69) is 15.9 Å². The number of esters is 1. The Hall–Kier alpha value is -2.47. The lowest BCUT2D eigenvalue weighted by molar-refractivity contribution is -0.422. The predicted molar refractivity (Wildman–Crippen MR) is 86.2 cm³/mol. The van der Waals surface area contributed by atoms with Gasteiger partial charge in [-0.15, -0.1) is 0 Å². The first-order valence-corrected chi connectivity index (χ1v) is 7.16. The molecule has 0 unspecified atom stereocenters. The maximum atomic E-state index is 12.1. The van der Waals surface area contributed by atoms with Gasteiger partial charge < -0.3 is 4.74 Å². The Labute approximate surface area is 135 Å². The van der Waals surface area contributed by atoms with Gasteiger partial charge in [0.25, 0.3) is 0 Å². The van der Waals surface area contributed by atoms with Crippen LogP contribution < -0.4 is 4.74 Å². The molecule has 0 aromatic heterocycles. The summed E-state index contributed by atoms with van der Waals surface area (Å²) in [7, 11) is 0. The molecule has 0 saturated heterocycles. The largest absolute Gasteiger partial charge is 0.422 e. The molecule has 0 radical (unpaired) electrons. The van der Waals surface area contributed by atoms with E-state index in [1.807, 2.05) is 0 Å². The molecule has 0 heterocycles. The van der Waals surface area contributed by atoms with Crippen LogP contribution in [0.15, 0.2) is 58.7 Å². The molecule has 2 aromatic rings. The maximum absolute atomic E-state index is 12.1. The first-order valence-electron chi connectivity index (χ1n) is 6.37. The van der Waals surface area contributed by atoms with E-state index in [0.29, 0.717) is 11.1 Å². The van der Waals surface area contributed by atoms with Crippen LogP contribution in [0.5, 0.6) is 5.75 Å². The predicted octanol–water partition coefficient (Wildman–Crippen LogP) is 4.31. The molecule has 0 fully saturated rings. The van der Waals surface area contributed by atoms with Crippen molar-refractivity contribution in [2.24, 2.45) is 0 Å². The van der Waals surface area contributed by atoms with Crippen LogP contribution in [-0.4, -0.2) is 10.9 Å². The fraction of sp³-hybridized carbons (Fsp3) is 0.0625. The van der Waals surface area contributed by atoms with E-state index in [-0.39, 0.29) is 11.4 Å². The van der Waals surface area contributed by atoms with Crippen molar-refractivity contribution in [1.29, 1.82) is 0 Å². The fourth-order valence-corrected chi connectivity index (χ4v) is 1.98. The molecular weight excluding hydrogens is 350 g/mol. The van der Waals surface area contributed by atoms with Crippen LogP contribution in [0.3, 0.4) is 0 Å². The summed E-state index contributed by atoms with van der Waals surface area (Å²) in [5, 5.41) is 10.7. The molecule has 0 saturated carbocycles. The highest BCUT2D eigenvalue weighted by molar-refractivity contribution is 9.10. The van der Waals surface area contributed by atoms with E-state index in [1.54, 1.807) is 48.5 Å². The number of allylic oxidation sites excluding steroid dienone is 1. The molecule has 0 atom stereocenters. The molecular formula is C16H12BrNO4. The minimum absolute atomic E-state index is 0.0351. The molecule has 0 amide bonds. The highest BCUT2D eigenvalue weighted by Crippen LogP contribution is 2.22. The molecule has 0 aliphatic rings. The summed E-state index contributed by atoms with van der Waals surface area (Å²) in [6.45, 7) is 1.38. The Morgan fingerprint density at radius 1 is 1.18 bits per heavy atom. The topological polar surface area (TPSA) is 69.4 Å². The Morgan fingerprint density at radius 3 is 2.45 bits per heavy atom. The zero-order valence-electron chi connectivity index (χ0n) is 11.7. The Morgan fingerprint density at radius 2 is 1.82 bits per heavy atom. The first-order chi connectivity index (χ1) is 10.5. The third-order valence-electron chi connectivity index (χ3n) is 2.85. The molecule has 22 heavy (non-hydrogen) atoms. The monoisotopic (exact) mass is 361 g/mol. The minimum atomic E-state index is -0.521. The number of para-hydroxylation sites is 1. The summed E-state index contributed by atoms with van der Waals surface area (Å²) < 4.78 is 6.19. The van der Waals surface area contributed by atoms with Gasteiger partial charge in [0.05, 0.1) is 10.5 Å². The molecule has 5 nitrogen and oxygen atoms in total. The van der Waals surface area contributed by atoms with Gasteiger partial charge in [0.1, 0.15) is 5.75 Å². The minimum Gasteiger partial charge on any atom is -0.422 e. The number of carbonyl (C=O) groups is 1. The first kappa shape index (κ1) is 15.9. The van der Waals surface area contributed by atoms with Gasteiger partial charge in [-0.3, -0.25) is 10.1 Å². The summed E-state index contributed by atoms with van der Waals surface area (Å²) in [4.78, 5) is 22.3. The van der Waals surface area contributed by atoms with Crippen LogP contribution in [0.1, 0.15) is 22.8 Å². The van der Waals surface area contributed by atoms with Crippen molar-refractivity contribution in [3.8, 4) is 5.75 Å². The van der Waals surface area contributed by atoms with Crippen LogP contribution >= 0.6 is 15.9 Å². The number of hydrogen-bond donors (Lipinski definition) is 0. The maximum Gasteiger partial charge on any atom is 0.343 e. The summed E-state index contributed by atoms with van der Waals surface area (Å²) in [6, 6.07) is 13.4. The lowest BCUT2D eigenvalue weighted by Crippen LogP contribution is -2.09. The van der Waals surface area contributed by atoms with Crippen LogP contribution in [-0.2, 0) is 0 Å². The Bertz CT molecular complexity index is 738. The van der Waals surface area contributed by atoms with Gasteiger partial charge in [-0.1, -0.05) is 34.1 Å². The van der Waals surface area contributed by atoms with Crippen LogP contribution in [0.2, 0.25) is 0 Å². The van der Waals surface area contributed by atoms with E-state index in [4.69, 9.17) is 4.74 Å². The zero-order chi connectivity index (χ0) is 16.1. The van der Waals surface area contributed by atoms with Gasteiger partial charge in [-0.25, -0.2) is 4.79 Å². The number of rotatable bonds is 4. The van der Waals surface area contributed by atoms with Gasteiger partial charge in [0.15, 0.2) is 0 Å². The molecule has 2 aromatic carbocycles. The van der Waals surface area contributed by atoms with Crippen LogP contribution in [0.4, 0.5) is 0 Å². The van der Waals surface area contributed by atoms with E-state index in [9.17, 15) is 14.9 Å². The van der Waals surface area contributed by atoms with Crippen molar-refractivity contribution >= 4 is 28.0 Å². The lowest BCUT2D eigenvalue weighted by atomic mass is 10.1. The van der Waals surface area contributed by atoms with Crippen molar-refractivity contribution in [3.63, 3.8) is 0 Å². The van der Waals surface area contributed by atoms with Gasteiger partial charge in [-0.05, 0) is 30.3 Å². The van der Waals surface area contributed by atoms with Crippen molar-refractivity contribution < 1.29 is 14.5 Å². The van der Waals surface area contributed by atoms with E-state index in [1.165, 1.54) is 13.0 Å². The van der Waals surface area contributed by atoms with Crippen molar-refractivity contribution in [2.45, 2.75) is 6.92 Å². The zero-order valence-corrected chi connectivity index (χ0v) is 13.2. The molecule has 6 heteroatoms. The number of halogens is 1. The second-order valence-electron chi connectivity index (χ2n) is 4.48. The Kier molecular flexibility index (Phi) is 5.06. The standard InChI is InChI=1S/C16H12BrNO4/c1-11(18(20)21)10-13-4-2-3-5-15(13)22-16(19)12-6-8-14(17)9-7-12/h2-10H,1H3. The average Bonchev–Trinajstić information content (AvgIpc) is 2.49. The fourth-order valence-electron chi connectivity index (χ4n) is 1.72. The SMILES string of the molecule is CC(=Cc1ccccc1OC(=O)c1ccc(Br)cc1)[N+](=O)[O-]. The molecule has 2 rings (SSSR count). The molecule has 0 bridgehead atoms. The lowest BCUT2D eigenvalue weighted by Gasteiger charge is -2.07. The van der Waals surface area contributed by atoms with Gasteiger partial charge in [0.2, 0.25) is 5.70 Å². The number of ether oxygens (including phenoxy) is 1. The number of benzene rings is 2. The number of hydrogen-bond acceptors (Lipinski definition) is 4. The van der Waals surface area contributed by atoms with Crippen LogP contribution in [0.25, 0.3) is 6.08 Å². The van der Waals surface area contributed by atoms with Crippen molar-refractivity contribution in [1.82, 2.24) is 0 Å². The highest BCUT2D eigenvalue weighted by Gasteiger charge is 2.12. The Balaban J connectivity index is 2.26. The normalized spacial score (nSPS) is 11.1. The van der Waals surface area contributed by atoms with Crippen molar-refractivity contribution in [2.75, 3.05) is 0 Å². The number of nitro groups is 1. The molecule has 0 spiro atoms. The number of nitrogens with zero attached hydrogens (tertiary/aromatic N) is 1. The summed E-state index contributed by atoms with van der Waals surface area (Å²) in [5.74, 6) is -0.247. The summed E-state index contributed by atoms with van der Waals surface area (Å²) >= 11 is 3.29. The molecule has 0 N–H and O–H groups in total. The van der Waals surface area contributed by atoms with E-state index < -0.39 is 10.9 Å². The van der Waals surface area contributed by atoms with Gasteiger partial charge >= 0.3 is 5.97 Å². The van der Waals surface area contributed by atoms with Gasteiger partial charge in [0, 0.05) is 23.0 Å². The smallest absolute Gasteiger partial charge is 0.343 e. The van der Waals surface area contributed by atoms with Gasteiger partial charge in [-0.2, -0.15) is 0 Å². The third-order valence-corrected chi connectivity index (χ3v) is 3.38. The van der Waals surface area contributed by atoms with E-state index in [0.717, 1.165) is 4.47 Å². The molecule has 112 valence electrons. The van der Waals surface area contributed by atoms with E-state index >= 15 is 0 Å². The third kappa shape index (κ3) is 4.02.